The van der Waals surface area contributed by atoms with Gasteiger partial charge in [0.2, 0.25) is 0 Å². The first-order valence-electron chi connectivity index (χ1n) is 6.18. The first-order chi connectivity index (χ1) is 8.31. The minimum Gasteiger partial charge on any atom is -0.508 e. The van der Waals surface area contributed by atoms with Crippen molar-refractivity contribution in [1.82, 2.24) is 10.4 Å². The highest BCUT2D eigenvalue weighted by Crippen LogP contribution is 2.26. The summed E-state index contributed by atoms with van der Waals surface area (Å²) in [4.78, 5) is 0. The van der Waals surface area contributed by atoms with Crippen molar-refractivity contribution in [3.63, 3.8) is 0 Å². The zero-order valence-electron chi connectivity index (χ0n) is 10.2. The van der Waals surface area contributed by atoms with Gasteiger partial charge >= 0.3 is 0 Å². The molecule has 2 rings (SSSR count). The number of phenolic OH excluding ortho intramolecular Hbond substituents is 1. The topological polar surface area (TPSA) is 44.7 Å². The Bertz CT molecular complexity index is 351. The van der Waals surface area contributed by atoms with Crippen molar-refractivity contribution in [2.45, 2.75) is 19.4 Å². The summed E-state index contributed by atoms with van der Waals surface area (Å²) in [6, 6.07) is 7.67. The molecule has 0 spiro atoms. The van der Waals surface area contributed by atoms with Crippen LogP contribution in [0.4, 0.5) is 0 Å². The molecule has 4 heteroatoms. The van der Waals surface area contributed by atoms with Crippen molar-refractivity contribution >= 4 is 0 Å². The van der Waals surface area contributed by atoms with Gasteiger partial charge in [-0.2, -0.15) is 0 Å². The van der Waals surface area contributed by atoms with Gasteiger partial charge in [0.05, 0.1) is 13.2 Å². The summed E-state index contributed by atoms with van der Waals surface area (Å²) in [5, 5.41) is 12.0. The van der Waals surface area contributed by atoms with E-state index in [0.29, 0.717) is 5.75 Å². The van der Waals surface area contributed by atoms with Crippen molar-refractivity contribution in [2.24, 2.45) is 0 Å². The van der Waals surface area contributed by atoms with Gasteiger partial charge in [0.1, 0.15) is 5.75 Å². The molecule has 1 aliphatic rings. The zero-order chi connectivity index (χ0) is 12.1. The molecule has 0 aliphatic carbocycles. The summed E-state index contributed by atoms with van der Waals surface area (Å²) in [7, 11) is 0. The molecule has 2 N–H and O–H groups in total. The highest BCUT2D eigenvalue weighted by molar-refractivity contribution is 5.34. The second-order valence-corrected chi connectivity index (χ2v) is 4.25. The van der Waals surface area contributed by atoms with Crippen molar-refractivity contribution in [3.8, 4) is 5.75 Å². The second kappa shape index (κ2) is 6.00. The number of nitrogens with zero attached hydrogens (tertiary/aromatic N) is 1. The average Bonchev–Trinajstić information content (AvgIpc) is 2.38. The molecule has 1 heterocycles. The van der Waals surface area contributed by atoms with E-state index in [1.807, 2.05) is 18.2 Å². The maximum absolute atomic E-state index is 9.86. The van der Waals surface area contributed by atoms with Gasteiger partial charge in [0, 0.05) is 24.7 Å². The van der Waals surface area contributed by atoms with Gasteiger partial charge in [-0.15, -0.1) is 0 Å². The highest BCUT2D eigenvalue weighted by atomic mass is 16.5. The Morgan fingerprint density at radius 2 is 2.06 bits per heavy atom. The van der Waals surface area contributed by atoms with E-state index in [9.17, 15) is 5.11 Å². The molecule has 17 heavy (non-hydrogen) atoms. The summed E-state index contributed by atoms with van der Waals surface area (Å²) >= 11 is 0. The molecular weight excluding hydrogens is 216 g/mol. The summed E-state index contributed by atoms with van der Waals surface area (Å²) in [6.45, 7) is 5.44. The molecule has 1 aromatic rings. The minimum absolute atomic E-state index is 0.161. The lowest BCUT2D eigenvalue weighted by molar-refractivity contribution is 0.00282. The van der Waals surface area contributed by atoms with Gasteiger partial charge < -0.3 is 9.84 Å². The SMILES string of the molecule is CCC(NN1CCOCC1)c1ccccc1O. The third-order valence-corrected chi connectivity index (χ3v) is 3.07. The molecule has 0 saturated carbocycles. The highest BCUT2D eigenvalue weighted by Gasteiger charge is 2.17. The fourth-order valence-electron chi connectivity index (χ4n) is 2.08. The fraction of sp³-hybridized carbons (Fsp3) is 0.538. The lowest BCUT2D eigenvalue weighted by atomic mass is 10.0. The van der Waals surface area contributed by atoms with Crippen LogP contribution in [0.2, 0.25) is 0 Å². The molecule has 1 atom stereocenters. The van der Waals surface area contributed by atoms with Gasteiger partial charge in [0.25, 0.3) is 0 Å². The Morgan fingerprint density at radius 3 is 2.71 bits per heavy atom. The fourth-order valence-corrected chi connectivity index (χ4v) is 2.08. The molecule has 0 aromatic heterocycles. The molecule has 1 unspecified atom stereocenters. The van der Waals surface area contributed by atoms with Crippen molar-refractivity contribution in [1.29, 1.82) is 0 Å². The van der Waals surface area contributed by atoms with Gasteiger partial charge in [-0.25, -0.2) is 10.4 Å². The summed E-state index contributed by atoms with van der Waals surface area (Å²) in [5.74, 6) is 0.361. The van der Waals surface area contributed by atoms with Crippen LogP contribution in [0.1, 0.15) is 24.9 Å². The van der Waals surface area contributed by atoms with Crippen LogP contribution in [0, 0.1) is 0 Å². The van der Waals surface area contributed by atoms with Crippen LogP contribution in [0.25, 0.3) is 0 Å². The number of ether oxygens (including phenoxy) is 1. The van der Waals surface area contributed by atoms with E-state index in [2.05, 4.69) is 17.4 Å². The smallest absolute Gasteiger partial charge is 0.120 e. The molecule has 0 radical (unpaired) electrons. The lowest BCUT2D eigenvalue weighted by Crippen LogP contribution is -2.47. The van der Waals surface area contributed by atoms with Gasteiger partial charge in [0.15, 0.2) is 0 Å². The molecule has 0 bridgehead atoms. The number of rotatable bonds is 4. The Kier molecular flexibility index (Phi) is 4.36. The predicted octanol–water partition coefficient (Wildman–Crippen LogP) is 1.68. The number of nitrogens with one attached hydrogen (secondary N) is 1. The van der Waals surface area contributed by atoms with Crippen LogP contribution in [0.15, 0.2) is 24.3 Å². The first kappa shape index (κ1) is 12.4. The first-order valence-corrected chi connectivity index (χ1v) is 6.18. The maximum atomic E-state index is 9.86. The van der Waals surface area contributed by atoms with E-state index in [0.717, 1.165) is 38.3 Å². The number of hydrogen-bond donors (Lipinski definition) is 2. The third kappa shape index (κ3) is 3.19. The van der Waals surface area contributed by atoms with Crippen LogP contribution in [0.3, 0.4) is 0 Å². The Hall–Kier alpha value is -1.10. The number of phenols is 1. The molecule has 0 amide bonds. The number of aromatic hydroxyl groups is 1. The van der Waals surface area contributed by atoms with E-state index in [1.54, 1.807) is 6.07 Å². The predicted molar refractivity (Wildman–Crippen MR) is 66.7 cm³/mol. The number of para-hydroxylation sites is 1. The van der Waals surface area contributed by atoms with Crippen LogP contribution in [-0.4, -0.2) is 36.4 Å². The summed E-state index contributed by atoms with van der Waals surface area (Å²) in [5.41, 5.74) is 4.42. The lowest BCUT2D eigenvalue weighted by Gasteiger charge is -2.31. The molecule has 1 aliphatic heterocycles. The molecule has 4 nitrogen and oxygen atoms in total. The van der Waals surface area contributed by atoms with E-state index in [4.69, 9.17) is 4.74 Å². The average molecular weight is 236 g/mol. The molecule has 1 aromatic carbocycles. The number of hydrogen-bond acceptors (Lipinski definition) is 4. The largest absolute Gasteiger partial charge is 0.508 e. The van der Waals surface area contributed by atoms with Crippen LogP contribution >= 0.6 is 0 Å². The van der Waals surface area contributed by atoms with E-state index in [-0.39, 0.29) is 6.04 Å². The monoisotopic (exact) mass is 236 g/mol. The van der Waals surface area contributed by atoms with Crippen molar-refractivity contribution < 1.29 is 9.84 Å². The van der Waals surface area contributed by atoms with Crippen molar-refractivity contribution in [3.05, 3.63) is 29.8 Å². The van der Waals surface area contributed by atoms with Crippen molar-refractivity contribution in [2.75, 3.05) is 26.3 Å². The normalized spacial score (nSPS) is 19.1. The molecule has 94 valence electrons. The molecule has 1 fully saturated rings. The number of benzene rings is 1. The zero-order valence-corrected chi connectivity index (χ0v) is 10.2. The minimum atomic E-state index is 0.161. The van der Waals surface area contributed by atoms with Gasteiger partial charge in [-0.3, -0.25) is 0 Å². The summed E-state index contributed by atoms with van der Waals surface area (Å²) in [6.07, 6.45) is 0.939. The Balaban J connectivity index is 2.03. The van der Waals surface area contributed by atoms with E-state index >= 15 is 0 Å². The molecular formula is C13H20N2O2. The number of morpholine rings is 1. The van der Waals surface area contributed by atoms with Crippen LogP contribution in [0.5, 0.6) is 5.75 Å². The molecule has 1 saturated heterocycles. The Labute approximate surface area is 102 Å². The van der Waals surface area contributed by atoms with Gasteiger partial charge in [-0.05, 0) is 12.5 Å². The van der Waals surface area contributed by atoms with Gasteiger partial charge in [-0.1, -0.05) is 25.1 Å². The standard InChI is InChI=1S/C13H20N2O2/c1-2-12(11-5-3-4-6-13(11)16)14-15-7-9-17-10-8-15/h3-6,12,14,16H,2,7-10H2,1H3. The van der Waals surface area contributed by atoms with Crippen LogP contribution in [-0.2, 0) is 4.74 Å². The summed E-state index contributed by atoms with van der Waals surface area (Å²) < 4.78 is 5.31. The van der Waals surface area contributed by atoms with E-state index < -0.39 is 0 Å². The second-order valence-electron chi connectivity index (χ2n) is 4.25. The quantitative estimate of drug-likeness (QED) is 0.835. The maximum Gasteiger partial charge on any atom is 0.120 e. The number of hydrazine groups is 1. The van der Waals surface area contributed by atoms with Crippen LogP contribution < -0.4 is 5.43 Å². The van der Waals surface area contributed by atoms with E-state index in [1.165, 1.54) is 0 Å². The third-order valence-electron chi connectivity index (χ3n) is 3.07. The Morgan fingerprint density at radius 1 is 1.35 bits per heavy atom.